The molecule has 0 fully saturated rings. The van der Waals surface area contributed by atoms with Crippen molar-refractivity contribution in [2.24, 2.45) is 0 Å². The number of nitrogens with one attached hydrogen (secondary N) is 2. The number of hydrogen-bond acceptors (Lipinski definition) is 3. The van der Waals surface area contributed by atoms with E-state index in [-0.39, 0.29) is 11.8 Å². The van der Waals surface area contributed by atoms with Crippen LogP contribution in [0.5, 0.6) is 0 Å². The van der Waals surface area contributed by atoms with E-state index < -0.39 is 0 Å². The molecule has 33 heavy (non-hydrogen) atoms. The molecule has 0 saturated carbocycles. The number of amides is 2. The third kappa shape index (κ3) is 3.91. The summed E-state index contributed by atoms with van der Waals surface area (Å²) >= 11 is 0. The van der Waals surface area contributed by atoms with Crippen LogP contribution in [0.2, 0.25) is 0 Å². The first-order valence-electron chi connectivity index (χ1n) is 10.9. The van der Waals surface area contributed by atoms with Crippen LogP contribution in [0, 0.1) is 13.8 Å². The highest BCUT2D eigenvalue weighted by Crippen LogP contribution is 2.35. The molecule has 6 nitrogen and oxygen atoms in total. The molecular weight excluding hydrogens is 412 g/mol. The third-order valence-electron chi connectivity index (χ3n) is 5.96. The Kier molecular flexibility index (Phi) is 5.26. The van der Waals surface area contributed by atoms with Crippen LogP contribution in [0.3, 0.4) is 0 Å². The van der Waals surface area contributed by atoms with Gasteiger partial charge in [-0.05, 0) is 55.8 Å². The Balaban J connectivity index is 1.39. The highest BCUT2D eigenvalue weighted by atomic mass is 16.2. The number of para-hydroxylation sites is 1. The molecule has 2 N–H and O–H groups in total. The van der Waals surface area contributed by atoms with E-state index in [0.29, 0.717) is 29.8 Å². The second-order valence-corrected chi connectivity index (χ2v) is 8.22. The Morgan fingerprint density at radius 3 is 2.45 bits per heavy atom. The van der Waals surface area contributed by atoms with Crippen molar-refractivity contribution in [1.29, 1.82) is 0 Å². The second kappa shape index (κ2) is 8.39. The first-order chi connectivity index (χ1) is 16.0. The van der Waals surface area contributed by atoms with E-state index in [9.17, 15) is 9.59 Å². The fraction of sp³-hybridized carbons (Fsp3) is 0.148. The minimum atomic E-state index is -0.169. The van der Waals surface area contributed by atoms with Gasteiger partial charge < -0.3 is 15.2 Å². The average molecular weight is 437 g/mol. The molecule has 2 heterocycles. The van der Waals surface area contributed by atoms with E-state index in [4.69, 9.17) is 0 Å². The molecule has 0 atom stereocenters. The number of fused-ring (bicyclic) bond motifs is 3. The maximum absolute atomic E-state index is 13.5. The highest BCUT2D eigenvalue weighted by Gasteiger charge is 2.26. The van der Waals surface area contributed by atoms with Crippen molar-refractivity contribution >= 4 is 23.2 Å². The summed E-state index contributed by atoms with van der Waals surface area (Å²) in [7, 11) is 0. The number of benzene rings is 3. The van der Waals surface area contributed by atoms with Gasteiger partial charge in [-0.25, -0.2) is 4.98 Å². The van der Waals surface area contributed by atoms with Crippen molar-refractivity contribution in [3.8, 4) is 11.3 Å². The van der Waals surface area contributed by atoms with Crippen molar-refractivity contribution in [2.45, 2.75) is 20.3 Å². The molecule has 0 radical (unpaired) electrons. The van der Waals surface area contributed by atoms with Gasteiger partial charge in [-0.2, -0.15) is 0 Å². The number of rotatable bonds is 3. The summed E-state index contributed by atoms with van der Waals surface area (Å²) in [5.41, 5.74) is 6.51. The summed E-state index contributed by atoms with van der Waals surface area (Å²) in [4.78, 5) is 35.8. The number of imidazole rings is 1. The van der Waals surface area contributed by atoms with E-state index in [1.54, 1.807) is 35.2 Å². The van der Waals surface area contributed by atoms with E-state index in [2.05, 4.69) is 15.3 Å². The summed E-state index contributed by atoms with van der Waals surface area (Å²) in [6.07, 6.45) is 0.696. The summed E-state index contributed by atoms with van der Waals surface area (Å²) < 4.78 is 0. The average Bonchev–Trinajstić information content (AvgIpc) is 3.13. The normalized spacial score (nSPS) is 12.5. The van der Waals surface area contributed by atoms with Crippen LogP contribution in [-0.2, 0) is 6.42 Å². The number of anilines is 2. The highest BCUT2D eigenvalue weighted by molar-refractivity contribution is 6.09. The van der Waals surface area contributed by atoms with Crippen LogP contribution in [0.15, 0.2) is 72.8 Å². The van der Waals surface area contributed by atoms with Crippen LogP contribution in [-0.4, -0.2) is 28.3 Å². The van der Waals surface area contributed by atoms with Gasteiger partial charge in [-0.15, -0.1) is 0 Å². The van der Waals surface area contributed by atoms with Gasteiger partial charge in [0.1, 0.15) is 5.82 Å². The number of aryl methyl sites for hydroxylation is 2. The van der Waals surface area contributed by atoms with Gasteiger partial charge >= 0.3 is 0 Å². The fourth-order valence-electron chi connectivity index (χ4n) is 4.29. The zero-order valence-electron chi connectivity index (χ0n) is 18.6. The second-order valence-electron chi connectivity index (χ2n) is 8.22. The molecule has 4 aromatic rings. The zero-order chi connectivity index (χ0) is 22.9. The van der Waals surface area contributed by atoms with Crippen LogP contribution in [0.1, 0.15) is 37.8 Å². The van der Waals surface area contributed by atoms with Crippen molar-refractivity contribution in [1.82, 2.24) is 9.97 Å². The van der Waals surface area contributed by atoms with Gasteiger partial charge in [-0.1, -0.05) is 36.4 Å². The lowest BCUT2D eigenvalue weighted by Crippen LogP contribution is -2.32. The van der Waals surface area contributed by atoms with Crippen molar-refractivity contribution in [3.63, 3.8) is 0 Å². The molecule has 5 rings (SSSR count). The molecule has 3 aromatic carbocycles. The van der Waals surface area contributed by atoms with Crippen LogP contribution >= 0.6 is 0 Å². The van der Waals surface area contributed by atoms with Crippen molar-refractivity contribution < 1.29 is 9.59 Å². The van der Waals surface area contributed by atoms with Gasteiger partial charge in [-0.3, -0.25) is 9.59 Å². The Morgan fingerprint density at radius 2 is 1.67 bits per heavy atom. The van der Waals surface area contributed by atoms with Crippen LogP contribution < -0.4 is 10.2 Å². The number of carbonyl (C=O) groups is 2. The Hall–Kier alpha value is -4.19. The van der Waals surface area contributed by atoms with Crippen molar-refractivity contribution in [3.05, 3.63) is 101 Å². The van der Waals surface area contributed by atoms with E-state index in [1.807, 2.05) is 56.3 Å². The van der Waals surface area contributed by atoms with Gasteiger partial charge in [0.05, 0.1) is 11.4 Å². The monoisotopic (exact) mass is 436 g/mol. The molecule has 0 aliphatic carbocycles. The van der Waals surface area contributed by atoms with Crippen LogP contribution in [0.4, 0.5) is 11.4 Å². The lowest BCUT2D eigenvalue weighted by molar-refractivity contribution is 0.0986. The fourth-order valence-corrected chi connectivity index (χ4v) is 4.29. The first-order valence-corrected chi connectivity index (χ1v) is 10.9. The zero-order valence-corrected chi connectivity index (χ0v) is 18.6. The minimum absolute atomic E-state index is 0.0823. The number of aromatic nitrogens is 2. The Morgan fingerprint density at radius 1 is 0.939 bits per heavy atom. The van der Waals surface area contributed by atoms with E-state index in [1.165, 1.54) is 0 Å². The molecule has 0 unspecified atom stereocenters. The summed E-state index contributed by atoms with van der Waals surface area (Å²) in [6.45, 7) is 4.40. The summed E-state index contributed by atoms with van der Waals surface area (Å²) in [5, 5.41) is 2.91. The molecule has 2 amide bonds. The number of carbonyl (C=O) groups excluding carboxylic acids is 2. The maximum atomic E-state index is 13.5. The molecule has 1 aliphatic rings. The molecule has 0 spiro atoms. The third-order valence-corrected chi connectivity index (χ3v) is 5.96. The SMILES string of the molecule is Cc1nc2c([nH]1)CCN(C(=O)c1ccc(NC(=O)c3ccccc3C)cc1)c1ccccc1-2. The van der Waals surface area contributed by atoms with Crippen LogP contribution in [0.25, 0.3) is 11.3 Å². The van der Waals surface area contributed by atoms with Gasteiger partial charge in [0.2, 0.25) is 0 Å². The molecule has 6 heteroatoms. The molecule has 1 aromatic heterocycles. The Labute approximate surface area is 192 Å². The standard InChI is InChI=1S/C27H24N4O2/c1-17-7-3-4-8-21(17)26(32)30-20-13-11-19(12-14-20)27(33)31-16-15-23-25(29-18(2)28-23)22-9-5-6-10-24(22)31/h3-14H,15-16H2,1-2H3,(H,28,29)(H,30,32). The molecule has 1 aliphatic heterocycles. The molecular formula is C27H24N4O2. The predicted octanol–water partition coefficient (Wildman–Crippen LogP) is 5.15. The number of hydrogen-bond donors (Lipinski definition) is 2. The first kappa shape index (κ1) is 20.7. The molecule has 0 saturated heterocycles. The lowest BCUT2D eigenvalue weighted by atomic mass is 10.1. The van der Waals surface area contributed by atoms with E-state index in [0.717, 1.165) is 34.0 Å². The largest absolute Gasteiger partial charge is 0.346 e. The number of nitrogens with zero attached hydrogens (tertiary/aromatic N) is 2. The van der Waals surface area contributed by atoms with E-state index >= 15 is 0 Å². The quantitative estimate of drug-likeness (QED) is 0.466. The van der Waals surface area contributed by atoms with Gasteiger partial charge in [0.15, 0.2) is 0 Å². The lowest BCUT2D eigenvalue weighted by Gasteiger charge is -2.23. The smallest absolute Gasteiger partial charge is 0.258 e. The summed E-state index contributed by atoms with van der Waals surface area (Å²) in [6, 6.07) is 22.4. The van der Waals surface area contributed by atoms with Crippen molar-refractivity contribution in [2.75, 3.05) is 16.8 Å². The number of aromatic amines is 1. The van der Waals surface area contributed by atoms with Gasteiger partial charge in [0.25, 0.3) is 11.8 Å². The Bertz CT molecular complexity index is 1350. The van der Waals surface area contributed by atoms with Gasteiger partial charge in [0, 0.05) is 41.0 Å². The maximum Gasteiger partial charge on any atom is 0.258 e. The topological polar surface area (TPSA) is 78.1 Å². The molecule has 164 valence electrons. The predicted molar refractivity (Wildman–Crippen MR) is 130 cm³/mol. The summed E-state index contributed by atoms with van der Waals surface area (Å²) in [5.74, 6) is 0.622. The number of H-pyrrole nitrogens is 1. The minimum Gasteiger partial charge on any atom is -0.346 e. The molecule has 0 bridgehead atoms.